The Bertz CT molecular complexity index is 862. The standard InChI is InChI=1S/C18H17N3O5/c1-12-14(9-6-10-16(12)21(24)25)19-11-15(18(23)26-2)20-17(22)13-7-4-3-5-8-13/h3-11,19H,1-2H3,(H,20,22)/b15-11-. The van der Waals surface area contributed by atoms with Gasteiger partial charge < -0.3 is 15.4 Å². The van der Waals surface area contributed by atoms with Gasteiger partial charge in [-0.15, -0.1) is 0 Å². The first-order chi connectivity index (χ1) is 12.4. The van der Waals surface area contributed by atoms with Crippen LogP contribution in [0.1, 0.15) is 15.9 Å². The van der Waals surface area contributed by atoms with Gasteiger partial charge in [0.25, 0.3) is 11.6 Å². The minimum Gasteiger partial charge on any atom is -0.464 e. The molecule has 0 atom stereocenters. The molecule has 1 amide bonds. The Morgan fingerprint density at radius 2 is 1.81 bits per heavy atom. The molecular formula is C18H17N3O5. The topological polar surface area (TPSA) is 111 Å². The third kappa shape index (κ3) is 4.44. The summed E-state index contributed by atoms with van der Waals surface area (Å²) in [6, 6.07) is 12.9. The zero-order valence-electron chi connectivity index (χ0n) is 14.2. The summed E-state index contributed by atoms with van der Waals surface area (Å²) in [5, 5.41) is 16.3. The van der Waals surface area contributed by atoms with Gasteiger partial charge >= 0.3 is 5.97 Å². The van der Waals surface area contributed by atoms with Crippen LogP contribution in [0.3, 0.4) is 0 Å². The maximum absolute atomic E-state index is 12.2. The molecule has 0 radical (unpaired) electrons. The molecule has 0 unspecified atom stereocenters. The summed E-state index contributed by atoms with van der Waals surface area (Å²) in [6.07, 6.45) is 1.23. The smallest absolute Gasteiger partial charge is 0.356 e. The number of hydrogen-bond donors (Lipinski definition) is 2. The van der Waals surface area contributed by atoms with E-state index in [0.29, 0.717) is 16.8 Å². The molecule has 0 aromatic heterocycles. The fourth-order valence-electron chi connectivity index (χ4n) is 2.17. The first-order valence-electron chi connectivity index (χ1n) is 7.59. The molecule has 0 saturated heterocycles. The Morgan fingerprint density at radius 1 is 1.12 bits per heavy atom. The fourth-order valence-corrected chi connectivity index (χ4v) is 2.17. The van der Waals surface area contributed by atoms with E-state index in [1.165, 1.54) is 25.4 Å². The van der Waals surface area contributed by atoms with Crippen LogP contribution in [-0.4, -0.2) is 23.9 Å². The van der Waals surface area contributed by atoms with Gasteiger partial charge in [-0.1, -0.05) is 24.3 Å². The molecule has 0 heterocycles. The predicted octanol–water partition coefficient (Wildman–Crippen LogP) is 2.76. The number of rotatable bonds is 6. The molecule has 26 heavy (non-hydrogen) atoms. The van der Waals surface area contributed by atoms with Crippen molar-refractivity contribution in [1.82, 2.24) is 5.32 Å². The van der Waals surface area contributed by atoms with Gasteiger partial charge in [0.2, 0.25) is 0 Å². The highest BCUT2D eigenvalue weighted by molar-refractivity contribution is 6.01. The molecule has 0 aliphatic carbocycles. The summed E-state index contributed by atoms with van der Waals surface area (Å²) >= 11 is 0. The molecule has 8 heteroatoms. The van der Waals surface area contributed by atoms with Gasteiger partial charge in [-0.3, -0.25) is 14.9 Å². The zero-order valence-corrected chi connectivity index (χ0v) is 14.2. The number of ether oxygens (including phenoxy) is 1. The van der Waals surface area contributed by atoms with Crippen molar-refractivity contribution in [3.05, 3.63) is 81.7 Å². The summed E-state index contributed by atoms with van der Waals surface area (Å²) in [5.41, 5.74) is 0.999. The predicted molar refractivity (Wildman–Crippen MR) is 95.5 cm³/mol. The first-order valence-corrected chi connectivity index (χ1v) is 7.59. The second-order valence-electron chi connectivity index (χ2n) is 5.22. The molecular weight excluding hydrogens is 338 g/mol. The van der Waals surface area contributed by atoms with Gasteiger partial charge in [0, 0.05) is 23.5 Å². The van der Waals surface area contributed by atoms with Crippen molar-refractivity contribution < 1.29 is 19.2 Å². The van der Waals surface area contributed by atoms with Crippen LogP contribution in [0, 0.1) is 17.0 Å². The lowest BCUT2D eigenvalue weighted by Crippen LogP contribution is -2.28. The Labute approximate surface area is 149 Å². The van der Waals surface area contributed by atoms with E-state index < -0.39 is 16.8 Å². The SMILES string of the molecule is COC(=O)/C(=C/Nc1cccc([N+](=O)[O-])c1C)NC(=O)c1ccccc1. The molecule has 0 spiro atoms. The number of methoxy groups -OCH3 is 1. The highest BCUT2D eigenvalue weighted by Gasteiger charge is 2.16. The van der Waals surface area contributed by atoms with E-state index >= 15 is 0 Å². The number of nitrogens with zero attached hydrogens (tertiary/aromatic N) is 1. The minimum absolute atomic E-state index is 0.0589. The number of esters is 1. The number of nitrogens with one attached hydrogen (secondary N) is 2. The van der Waals surface area contributed by atoms with E-state index in [4.69, 9.17) is 0 Å². The van der Waals surface area contributed by atoms with Crippen LogP contribution in [0.15, 0.2) is 60.4 Å². The van der Waals surface area contributed by atoms with Crippen LogP contribution in [0.5, 0.6) is 0 Å². The molecule has 0 aliphatic heterocycles. The highest BCUT2D eigenvalue weighted by atomic mass is 16.6. The molecule has 0 fully saturated rings. The zero-order chi connectivity index (χ0) is 19.1. The first kappa shape index (κ1) is 18.7. The van der Waals surface area contributed by atoms with Crippen LogP contribution >= 0.6 is 0 Å². The fraction of sp³-hybridized carbons (Fsp3) is 0.111. The number of amides is 1. The van der Waals surface area contributed by atoms with Crippen molar-refractivity contribution in [2.24, 2.45) is 0 Å². The molecule has 2 aromatic rings. The van der Waals surface area contributed by atoms with Gasteiger partial charge in [-0.05, 0) is 25.1 Å². The molecule has 0 aliphatic rings. The van der Waals surface area contributed by atoms with Crippen LogP contribution < -0.4 is 10.6 Å². The maximum atomic E-state index is 12.2. The second kappa shape index (κ2) is 8.43. The average molecular weight is 355 g/mol. The Hall–Kier alpha value is -3.68. The summed E-state index contributed by atoms with van der Waals surface area (Å²) in [5.74, 6) is -1.25. The van der Waals surface area contributed by atoms with Gasteiger partial charge in [-0.2, -0.15) is 0 Å². The van der Waals surface area contributed by atoms with E-state index in [2.05, 4.69) is 15.4 Å². The van der Waals surface area contributed by atoms with Gasteiger partial charge in [0.1, 0.15) is 5.70 Å². The van der Waals surface area contributed by atoms with Crippen LogP contribution in [0.25, 0.3) is 0 Å². The normalized spacial score (nSPS) is 10.8. The number of hydrogen-bond acceptors (Lipinski definition) is 6. The lowest BCUT2D eigenvalue weighted by Gasteiger charge is -2.10. The van der Waals surface area contributed by atoms with Gasteiger partial charge in [-0.25, -0.2) is 4.79 Å². The van der Waals surface area contributed by atoms with Crippen LogP contribution in [0.2, 0.25) is 0 Å². The summed E-state index contributed by atoms with van der Waals surface area (Å²) in [6.45, 7) is 1.58. The third-order valence-electron chi connectivity index (χ3n) is 3.56. The van der Waals surface area contributed by atoms with E-state index in [9.17, 15) is 19.7 Å². The minimum atomic E-state index is -0.759. The maximum Gasteiger partial charge on any atom is 0.356 e. The lowest BCUT2D eigenvalue weighted by atomic mass is 10.1. The number of carbonyl (C=O) groups is 2. The monoisotopic (exact) mass is 355 g/mol. The van der Waals surface area contributed by atoms with Crippen molar-refractivity contribution in [2.45, 2.75) is 6.92 Å². The molecule has 2 aromatic carbocycles. The average Bonchev–Trinajstić information content (AvgIpc) is 2.65. The summed E-state index contributed by atoms with van der Waals surface area (Å²) < 4.78 is 4.66. The Balaban J connectivity index is 2.25. The number of nitro benzene ring substituents is 1. The van der Waals surface area contributed by atoms with Crippen molar-refractivity contribution in [3.63, 3.8) is 0 Å². The number of nitro groups is 1. The van der Waals surface area contributed by atoms with Gasteiger partial charge in [0.15, 0.2) is 0 Å². The molecule has 0 bridgehead atoms. The lowest BCUT2D eigenvalue weighted by molar-refractivity contribution is -0.385. The summed E-state index contributed by atoms with van der Waals surface area (Å²) in [7, 11) is 1.18. The molecule has 0 saturated carbocycles. The van der Waals surface area contributed by atoms with Crippen molar-refractivity contribution in [2.75, 3.05) is 12.4 Å². The van der Waals surface area contributed by atoms with Crippen LogP contribution in [0.4, 0.5) is 11.4 Å². The number of carbonyl (C=O) groups excluding carboxylic acids is 2. The van der Waals surface area contributed by atoms with Gasteiger partial charge in [0.05, 0.1) is 17.6 Å². The highest BCUT2D eigenvalue weighted by Crippen LogP contribution is 2.25. The third-order valence-corrected chi connectivity index (χ3v) is 3.56. The van der Waals surface area contributed by atoms with E-state index in [1.54, 1.807) is 43.3 Å². The largest absolute Gasteiger partial charge is 0.464 e. The van der Waals surface area contributed by atoms with E-state index in [1.807, 2.05) is 0 Å². The number of anilines is 1. The second-order valence-corrected chi connectivity index (χ2v) is 5.22. The number of benzene rings is 2. The molecule has 8 nitrogen and oxygen atoms in total. The quantitative estimate of drug-likeness (QED) is 0.357. The van der Waals surface area contributed by atoms with E-state index in [-0.39, 0.29) is 11.4 Å². The van der Waals surface area contributed by atoms with Crippen molar-refractivity contribution in [1.29, 1.82) is 0 Å². The Morgan fingerprint density at radius 3 is 2.42 bits per heavy atom. The van der Waals surface area contributed by atoms with Crippen LogP contribution in [-0.2, 0) is 9.53 Å². The summed E-state index contributed by atoms with van der Waals surface area (Å²) in [4.78, 5) is 34.6. The Kier molecular flexibility index (Phi) is 6.05. The molecule has 134 valence electrons. The molecule has 2 N–H and O–H groups in total. The van der Waals surface area contributed by atoms with Crippen molar-refractivity contribution >= 4 is 23.3 Å². The molecule has 2 rings (SSSR count). The van der Waals surface area contributed by atoms with Crippen molar-refractivity contribution in [3.8, 4) is 0 Å². The van der Waals surface area contributed by atoms with E-state index in [0.717, 1.165) is 0 Å².